The SMILES string of the molecule is CCCC(NC(=O)N(CC)CCc1ccccc1)c1ccccc1. The number of likely N-dealkylation sites (N-methyl/N-ethyl adjacent to an activating group) is 1. The van der Waals surface area contributed by atoms with Crippen molar-refractivity contribution in [2.45, 2.75) is 39.2 Å². The fourth-order valence-electron chi connectivity index (χ4n) is 2.85. The van der Waals surface area contributed by atoms with Gasteiger partial charge in [0, 0.05) is 13.1 Å². The first-order valence-electron chi connectivity index (χ1n) is 8.88. The van der Waals surface area contributed by atoms with E-state index in [1.165, 1.54) is 11.1 Å². The molecule has 2 aromatic carbocycles. The predicted octanol–water partition coefficient (Wildman–Crippen LogP) is 4.80. The van der Waals surface area contributed by atoms with Gasteiger partial charge >= 0.3 is 6.03 Å². The van der Waals surface area contributed by atoms with Gasteiger partial charge in [-0.3, -0.25) is 0 Å². The maximum Gasteiger partial charge on any atom is 0.317 e. The summed E-state index contributed by atoms with van der Waals surface area (Å²) < 4.78 is 0. The van der Waals surface area contributed by atoms with E-state index in [0.717, 1.165) is 25.8 Å². The van der Waals surface area contributed by atoms with Crippen LogP contribution >= 0.6 is 0 Å². The number of hydrogen-bond acceptors (Lipinski definition) is 1. The van der Waals surface area contributed by atoms with Gasteiger partial charge < -0.3 is 10.2 Å². The number of carbonyl (C=O) groups excluding carboxylic acids is 1. The van der Waals surface area contributed by atoms with Gasteiger partial charge in [-0.15, -0.1) is 0 Å². The number of nitrogens with zero attached hydrogens (tertiary/aromatic N) is 1. The van der Waals surface area contributed by atoms with Crippen LogP contribution in [-0.2, 0) is 6.42 Å². The van der Waals surface area contributed by atoms with Crippen LogP contribution in [0, 0.1) is 0 Å². The van der Waals surface area contributed by atoms with Gasteiger partial charge in [-0.25, -0.2) is 4.79 Å². The molecule has 2 rings (SSSR count). The van der Waals surface area contributed by atoms with E-state index in [9.17, 15) is 4.79 Å². The Morgan fingerprint density at radius 3 is 2.21 bits per heavy atom. The van der Waals surface area contributed by atoms with Crippen molar-refractivity contribution in [3.8, 4) is 0 Å². The van der Waals surface area contributed by atoms with Crippen LogP contribution in [0.15, 0.2) is 60.7 Å². The fourth-order valence-corrected chi connectivity index (χ4v) is 2.85. The van der Waals surface area contributed by atoms with Gasteiger partial charge in [0.15, 0.2) is 0 Å². The molecule has 1 N–H and O–H groups in total. The van der Waals surface area contributed by atoms with Crippen molar-refractivity contribution in [3.63, 3.8) is 0 Å². The molecule has 0 heterocycles. The second-order valence-corrected chi connectivity index (χ2v) is 6.02. The smallest absolute Gasteiger partial charge is 0.317 e. The third-order valence-corrected chi connectivity index (χ3v) is 4.26. The Kier molecular flexibility index (Phi) is 7.34. The van der Waals surface area contributed by atoms with Crippen molar-refractivity contribution in [2.75, 3.05) is 13.1 Å². The van der Waals surface area contributed by atoms with Gasteiger partial charge in [-0.05, 0) is 30.9 Å². The molecular weight excluding hydrogens is 296 g/mol. The summed E-state index contributed by atoms with van der Waals surface area (Å²) in [5, 5.41) is 3.21. The van der Waals surface area contributed by atoms with Crippen LogP contribution in [0.2, 0.25) is 0 Å². The summed E-state index contributed by atoms with van der Waals surface area (Å²) in [7, 11) is 0. The molecular formula is C21H28N2O. The van der Waals surface area contributed by atoms with Crippen LogP contribution < -0.4 is 5.32 Å². The molecule has 0 aromatic heterocycles. The number of benzene rings is 2. The van der Waals surface area contributed by atoms with E-state index in [0.29, 0.717) is 6.54 Å². The molecule has 0 saturated heterocycles. The predicted molar refractivity (Wildman–Crippen MR) is 100 cm³/mol. The highest BCUT2D eigenvalue weighted by Crippen LogP contribution is 2.18. The second kappa shape index (κ2) is 9.76. The van der Waals surface area contributed by atoms with Crippen LogP contribution in [0.4, 0.5) is 4.79 Å². The van der Waals surface area contributed by atoms with Crippen molar-refractivity contribution < 1.29 is 4.79 Å². The summed E-state index contributed by atoms with van der Waals surface area (Å²) in [6.45, 7) is 5.63. The molecule has 0 radical (unpaired) electrons. The van der Waals surface area contributed by atoms with Gasteiger partial charge in [0.25, 0.3) is 0 Å². The number of nitrogens with one attached hydrogen (secondary N) is 1. The third-order valence-electron chi connectivity index (χ3n) is 4.26. The van der Waals surface area contributed by atoms with Gasteiger partial charge in [0.2, 0.25) is 0 Å². The van der Waals surface area contributed by atoms with Crippen molar-refractivity contribution in [2.24, 2.45) is 0 Å². The summed E-state index contributed by atoms with van der Waals surface area (Å²) in [6.07, 6.45) is 2.87. The zero-order chi connectivity index (χ0) is 17.2. The van der Waals surface area contributed by atoms with Gasteiger partial charge in [-0.2, -0.15) is 0 Å². The van der Waals surface area contributed by atoms with Crippen LogP contribution in [0.25, 0.3) is 0 Å². The number of hydrogen-bond donors (Lipinski definition) is 1. The number of urea groups is 1. The highest BCUT2D eigenvalue weighted by Gasteiger charge is 2.17. The topological polar surface area (TPSA) is 32.3 Å². The molecule has 0 aliphatic carbocycles. The van der Waals surface area contributed by atoms with Crippen LogP contribution in [0.5, 0.6) is 0 Å². The highest BCUT2D eigenvalue weighted by atomic mass is 16.2. The molecule has 24 heavy (non-hydrogen) atoms. The van der Waals surface area contributed by atoms with Crippen molar-refractivity contribution in [3.05, 3.63) is 71.8 Å². The first kappa shape index (κ1) is 18.1. The minimum absolute atomic E-state index is 0.0238. The van der Waals surface area contributed by atoms with Crippen molar-refractivity contribution in [1.29, 1.82) is 0 Å². The van der Waals surface area contributed by atoms with Crippen LogP contribution in [0.3, 0.4) is 0 Å². The standard InChI is InChI=1S/C21H28N2O/c1-3-11-20(19-14-9-6-10-15-19)22-21(24)23(4-2)17-16-18-12-7-5-8-13-18/h5-10,12-15,20H,3-4,11,16-17H2,1-2H3,(H,22,24). The average molecular weight is 324 g/mol. The first-order chi connectivity index (χ1) is 11.7. The van der Waals surface area contributed by atoms with E-state index in [1.807, 2.05) is 48.2 Å². The Morgan fingerprint density at radius 2 is 1.62 bits per heavy atom. The lowest BCUT2D eigenvalue weighted by Gasteiger charge is -2.26. The van der Waals surface area contributed by atoms with Gasteiger partial charge in [-0.1, -0.05) is 74.0 Å². The third kappa shape index (κ3) is 5.41. The van der Waals surface area contributed by atoms with Gasteiger partial charge in [0.1, 0.15) is 0 Å². The summed E-state index contributed by atoms with van der Waals surface area (Å²) in [4.78, 5) is 14.6. The number of amides is 2. The maximum absolute atomic E-state index is 12.7. The molecule has 1 atom stereocenters. The summed E-state index contributed by atoms with van der Waals surface area (Å²) in [5.41, 5.74) is 2.43. The van der Waals surface area contributed by atoms with E-state index in [4.69, 9.17) is 0 Å². The van der Waals surface area contributed by atoms with Crippen LogP contribution in [-0.4, -0.2) is 24.0 Å². The number of carbonyl (C=O) groups is 1. The Balaban J connectivity index is 1.96. The van der Waals surface area contributed by atoms with Crippen molar-refractivity contribution >= 4 is 6.03 Å². The second-order valence-electron chi connectivity index (χ2n) is 6.02. The maximum atomic E-state index is 12.7. The van der Waals surface area contributed by atoms with Gasteiger partial charge in [0.05, 0.1) is 6.04 Å². The van der Waals surface area contributed by atoms with E-state index >= 15 is 0 Å². The molecule has 0 saturated carbocycles. The molecule has 0 bridgehead atoms. The molecule has 128 valence electrons. The van der Waals surface area contributed by atoms with Crippen LogP contribution in [0.1, 0.15) is 43.9 Å². The quantitative estimate of drug-likeness (QED) is 0.743. The summed E-state index contributed by atoms with van der Waals surface area (Å²) in [5.74, 6) is 0. The Hall–Kier alpha value is -2.29. The van der Waals surface area contributed by atoms with E-state index in [-0.39, 0.29) is 12.1 Å². The molecule has 3 heteroatoms. The summed E-state index contributed by atoms with van der Waals surface area (Å²) in [6, 6.07) is 20.6. The Morgan fingerprint density at radius 1 is 1.00 bits per heavy atom. The number of rotatable bonds is 8. The highest BCUT2D eigenvalue weighted by molar-refractivity contribution is 5.74. The van der Waals surface area contributed by atoms with E-state index < -0.39 is 0 Å². The normalized spacial score (nSPS) is 11.8. The first-order valence-corrected chi connectivity index (χ1v) is 8.88. The molecule has 0 aliphatic rings. The largest absolute Gasteiger partial charge is 0.331 e. The average Bonchev–Trinajstić information content (AvgIpc) is 2.63. The minimum atomic E-state index is 0.0238. The Bertz CT molecular complexity index is 598. The molecule has 0 fully saturated rings. The Labute approximate surface area is 145 Å². The molecule has 2 amide bonds. The minimum Gasteiger partial charge on any atom is -0.331 e. The lowest BCUT2D eigenvalue weighted by atomic mass is 10.0. The fraction of sp³-hybridized carbons (Fsp3) is 0.381. The summed E-state index contributed by atoms with van der Waals surface area (Å²) >= 11 is 0. The lowest BCUT2D eigenvalue weighted by Crippen LogP contribution is -2.42. The molecule has 0 spiro atoms. The molecule has 3 nitrogen and oxygen atoms in total. The molecule has 0 aliphatic heterocycles. The molecule has 1 unspecified atom stereocenters. The zero-order valence-electron chi connectivity index (χ0n) is 14.7. The monoisotopic (exact) mass is 324 g/mol. The van der Waals surface area contributed by atoms with E-state index in [1.54, 1.807) is 0 Å². The van der Waals surface area contributed by atoms with Crippen molar-refractivity contribution in [1.82, 2.24) is 10.2 Å². The molecule has 2 aromatic rings. The zero-order valence-corrected chi connectivity index (χ0v) is 14.7. The van der Waals surface area contributed by atoms with E-state index in [2.05, 4.69) is 36.5 Å². The lowest BCUT2D eigenvalue weighted by molar-refractivity contribution is 0.196.